The molecular weight excluding hydrogens is 336 g/mol. The van der Waals surface area contributed by atoms with Crippen LogP contribution in [0.4, 0.5) is 10.5 Å². The number of fused-ring (bicyclic) bond motifs is 3. The Morgan fingerprint density at radius 2 is 1.92 bits per heavy atom. The molecule has 0 aromatic heterocycles. The van der Waals surface area contributed by atoms with Gasteiger partial charge in [-0.25, -0.2) is 4.79 Å². The van der Waals surface area contributed by atoms with Crippen molar-refractivity contribution in [2.24, 2.45) is 4.99 Å². The van der Waals surface area contributed by atoms with Crippen molar-refractivity contribution in [2.75, 3.05) is 34.8 Å². The lowest BCUT2D eigenvalue weighted by atomic mass is 9.97. The average Bonchev–Trinajstić information content (AvgIpc) is 2.85. The quantitative estimate of drug-likeness (QED) is 0.461. The van der Waals surface area contributed by atoms with E-state index in [0.717, 1.165) is 21.2 Å². The average molecular weight is 358 g/mol. The molecule has 1 aliphatic rings. The molecule has 25 heavy (non-hydrogen) atoms. The van der Waals surface area contributed by atoms with Crippen molar-refractivity contribution in [3.05, 3.63) is 53.1 Å². The lowest BCUT2D eigenvalue weighted by molar-refractivity contribution is 0.170. The van der Waals surface area contributed by atoms with Crippen LogP contribution in [0, 0.1) is 0 Å². The van der Waals surface area contributed by atoms with E-state index in [1.165, 1.54) is 16.8 Å². The maximum absolute atomic E-state index is 11.1. The first-order valence-electron chi connectivity index (χ1n) is 8.16. The Morgan fingerprint density at radius 1 is 1.16 bits per heavy atom. The molecule has 0 bridgehead atoms. The molecule has 2 aromatic rings. The molecule has 0 aliphatic heterocycles. The van der Waals surface area contributed by atoms with Crippen LogP contribution in [0.5, 0.6) is 0 Å². The lowest BCUT2D eigenvalue weighted by Gasteiger charge is -2.24. The molecule has 0 saturated carbocycles. The SMILES string of the molecule is C/N=C/c1ccc2c(c1)-c1ccc([N+](C)(C)C)cc1C2COC(=O)Cl. The van der Waals surface area contributed by atoms with Crippen molar-refractivity contribution < 1.29 is 9.53 Å². The van der Waals surface area contributed by atoms with Crippen LogP contribution in [-0.4, -0.2) is 46.4 Å². The van der Waals surface area contributed by atoms with Crippen molar-refractivity contribution in [2.45, 2.75) is 5.92 Å². The van der Waals surface area contributed by atoms with Gasteiger partial charge in [0.05, 0.1) is 21.1 Å². The molecule has 1 unspecified atom stereocenters. The second kappa shape index (κ2) is 6.62. The summed E-state index contributed by atoms with van der Waals surface area (Å²) in [4.78, 5) is 15.2. The van der Waals surface area contributed by atoms with Crippen LogP contribution < -0.4 is 4.48 Å². The van der Waals surface area contributed by atoms with E-state index < -0.39 is 5.43 Å². The molecule has 5 heteroatoms. The maximum atomic E-state index is 11.1. The van der Waals surface area contributed by atoms with Gasteiger partial charge in [0.15, 0.2) is 0 Å². The van der Waals surface area contributed by atoms with E-state index in [4.69, 9.17) is 16.3 Å². The first kappa shape index (κ1) is 17.6. The minimum absolute atomic E-state index is 0.00758. The number of quaternary nitrogens is 1. The molecule has 0 amide bonds. The number of nitrogens with zero attached hydrogens (tertiary/aromatic N) is 2. The van der Waals surface area contributed by atoms with E-state index in [1.807, 2.05) is 12.3 Å². The third kappa shape index (κ3) is 3.46. The first-order chi connectivity index (χ1) is 11.8. The molecular formula is C20H22ClN2O2+. The van der Waals surface area contributed by atoms with E-state index in [2.05, 4.69) is 56.5 Å². The minimum atomic E-state index is -0.771. The summed E-state index contributed by atoms with van der Waals surface area (Å²) in [6.07, 6.45) is 1.84. The first-order valence-corrected chi connectivity index (χ1v) is 8.53. The Labute approximate surface area is 153 Å². The molecule has 4 nitrogen and oxygen atoms in total. The van der Waals surface area contributed by atoms with Gasteiger partial charge in [-0.15, -0.1) is 0 Å². The molecule has 0 saturated heterocycles. The van der Waals surface area contributed by atoms with Crippen molar-refractivity contribution in [3.8, 4) is 11.1 Å². The van der Waals surface area contributed by atoms with E-state index in [9.17, 15) is 4.79 Å². The van der Waals surface area contributed by atoms with Gasteiger partial charge in [0.1, 0.15) is 12.3 Å². The summed E-state index contributed by atoms with van der Waals surface area (Å²) >= 11 is 5.40. The molecule has 0 N–H and O–H groups in total. The van der Waals surface area contributed by atoms with Crippen molar-refractivity contribution in [3.63, 3.8) is 0 Å². The predicted molar refractivity (Wildman–Crippen MR) is 104 cm³/mol. The number of halogens is 1. The molecule has 3 rings (SSSR count). The number of ether oxygens (including phenoxy) is 1. The van der Waals surface area contributed by atoms with Gasteiger partial charge in [-0.2, -0.15) is 0 Å². The van der Waals surface area contributed by atoms with Crippen LogP contribution in [0.2, 0.25) is 0 Å². The van der Waals surface area contributed by atoms with Gasteiger partial charge in [0, 0.05) is 36.8 Å². The molecule has 0 fully saturated rings. The summed E-state index contributed by atoms with van der Waals surface area (Å²) in [6.45, 7) is 0.240. The fraction of sp³-hybridized carbons (Fsp3) is 0.300. The zero-order valence-corrected chi connectivity index (χ0v) is 15.7. The second-order valence-corrected chi connectivity index (χ2v) is 7.43. The zero-order chi connectivity index (χ0) is 18.2. The van der Waals surface area contributed by atoms with E-state index >= 15 is 0 Å². The number of carbonyl (C=O) groups is 1. The van der Waals surface area contributed by atoms with Crippen LogP contribution >= 0.6 is 11.6 Å². The number of aliphatic imine (C=N–C) groups is 1. The van der Waals surface area contributed by atoms with Crippen LogP contribution in [0.3, 0.4) is 0 Å². The van der Waals surface area contributed by atoms with Crippen LogP contribution in [-0.2, 0) is 4.74 Å². The van der Waals surface area contributed by atoms with Crippen LogP contribution in [0.15, 0.2) is 41.4 Å². The fourth-order valence-corrected chi connectivity index (χ4v) is 3.40. The largest absolute Gasteiger partial charge is 0.453 e. The van der Waals surface area contributed by atoms with Crippen molar-refractivity contribution in [1.29, 1.82) is 0 Å². The highest BCUT2D eigenvalue weighted by atomic mass is 35.5. The Balaban J connectivity index is 2.13. The Bertz CT molecular complexity index is 853. The van der Waals surface area contributed by atoms with E-state index in [-0.39, 0.29) is 12.5 Å². The molecule has 0 radical (unpaired) electrons. The van der Waals surface area contributed by atoms with Gasteiger partial charge in [-0.3, -0.25) is 9.48 Å². The van der Waals surface area contributed by atoms with E-state index in [0.29, 0.717) is 0 Å². The monoisotopic (exact) mass is 357 g/mol. The summed E-state index contributed by atoms with van der Waals surface area (Å²) in [5.74, 6) is -0.00758. The van der Waals surface area contributed by atoms with Gasteiger partial charge in [0.25, 0.3) is 0 Å². The summed E-state index contributed by atoms with van der Waals surface area (Å²) in [6, 6.07) is 12.8. The molecule has 0 heterocycles. The van der Waals surface area contributed by atoms with Gasteiger partial charge in [0.2, 0.25) is 0 Å². The summed E-state index contributed by atoms with van der Waals surface area (Å²) in [5, 5.41) is 0. The Hall–Kier alpha value is -2.17. The second-order valence-electron chi connectivity index (χ2n) is 7.12. The standard InChI is InChI=1S/C20H22ClN2O2/c1-22-11-13-5-7-16-17(9-13)15-8-6-14(23(2,3)4)10-18(15)19(16)12-25-20(21)24/h5-11,19H,12H2,1-4H3/q+1/b22-11+. The highest BCUT2D eigenvalue weighted by Gasteiger charge is 2.31. The molecule has 1 atom stereocenters. The van der Waals surface area contributed by atoms with Gasteiger partial charge in [-0.05, 0) is 46.0 Å². The fourth-order valence-electron chi connectivity index (χ4n) is 3.34. The number of carbonyl (C=O) groups excluding carboxylic acids is 1. The summed E-state index contributed by atoms with van der Waals surface area (Å²) in [7, 11) is 8.16. The van der Waals surface area contributed by atoms with Crippen molar-refractivity contribution in [1.82, 2.24) is 4.48 Å². The summed E-state index contributed by atoms with van der Waals surface area (Å²) in [5.41, 5.74) is 6.14. The number of rotatable bonds is 4. The van der Waals surface area contributed by atoms with Gasteiger partial charge < -0.3 is 4.74 Å². The molecule has 130 valence electrons. The summed E-state index contributed by atoms with van der Waals surface area (Å²) < 4.78 is 5.86. The third-order valence-corrected chi connectivity index (χ3v) is 4.68. The highest BCUT2D eigenvalue weighted by Crippen LogP contribution is 2.46. The van der Waals surface area contributed by atoms with Crippen molar-refractivity contribution >= 4 is 28.9 Å². The number of hydrogen-bond acceptors (Lipinski definition) is 3. The predicted octanol–water partition coefficient (Wildman–Crippen LogP) is 4.42. The Kier molecular flexibility index (Phi) is 4.67. The highest BCUT2D eigenvalue weighted by molar-refractivity contribution is 6.61. The smallest absolute Gasteiger partial charge is 0.403 e. The number of benzene rings is 2. The van der Waals surface area contributed by atoms with Crippen LogP contribution in [0.1, 0.15) is 22.6 Å². The minimum Gasteiger partial charge on any atom is -0.453 e. The molecule has 1 aliphatic carbocycles. The normalized spacial score (nSPS) is 16.0. The molecule has 0 spiro atoms. The Morgan fingerprint density at radius 3 is 2.56 bits per heavy atom. The lowest BCUT2D eigenvalue weighted by Crippen LogP contribution is -2.34. The maximum Gasteiger partial charge on any atom is 0.403 e. The molecule has 2 aromatic carbocycles. The van der Waals surface area contributed by atoms with E-state index in [1.54, 1.807) is 7.05 Å². The topological polar surface area (TPSA) is 38.7 Å². The van der Waals surface area contributed by atoms with Gasteiger partial charge in [-0.1, -0.05) is 12.1 Å². The number of hydrogen-bond donors (Lipinski definition) is 0. The zero-order valence-electron chi connectivity index (χ0n) is 14.9. The van der Waals surface area contributed by atoms with Crippen LogP contribution in [0.25, 0.3) is 11.1 Å². The van der Waals surface area contributed by atoms with Gasteiger partial charge >= 0.3 is 5.43 Å². The third-order valence-electron chi connectivity index (χ3n) is 4.57.